The molecule has 0 aliphatic heterocycles. The number of hydrogen-bond donors (Lipinski definition) is 1. The van der Waals surface area contributed by atoms with E-state index in [4.69, 9.17) is 32.7 Å². The topological polar surface area (TPSA) is 88.4 Å². The Labute approximate surface area is 213 Å². The van der Waals surface area contributed by atoms with Crippen molar-refractivity contribution in [2.75, 3.05) is 7.11 Å². The Bertz CT molecular complexity index is 1330. The molecule has 176 valence electrons. The van der Waals surface area contributed by atoms with E-state index in [-0.39, 0.29) is 17.1 Å². The summed E-state index contributed by atoms with van der Waals surface area (Å²) in [6, 6.07) is 20.9. The van der Waals surface area contributed by atoms with Gasteiger partial charge in [0.05, 0.1) is 7.11 Å². The van der Waals surface area contributed by atoms with Gasteiger partial charge in [0.25, 0.3) is 5.91 Å². The van der Waals surface area contributed by atoms with Crippen LogP contribution in [0.25, 0.3) is 12.2 Å². The maximum atomic E-state index is 12.4. The predicted molar refractivity (Wildman–Crippen MR) is 136 cm³/mol. The van der Waals surface area contributed by atoms with Gasteiger partial charge in [-0.2, -0.15) is 5.26 Å². The number of amides is 1. The van der Waals surface area contributed by atoms with Gasteiger partial charge in [0.1, 0.15) is 11.6 Å². The first-order chi connectivity index (χ1) is 16.9. The van der Waals surface area contributed by atoms with Crippen molar-refractivity contribution in [1.82, 2.24) is 5.32 Å². The van der Waals surface area contributed by atoms with E-state index < -0.39 is 11.9 Å². The number of hydrogen-bond acceptors (Lipinski definition) is 5. The smallest absolute Gasteiger partial charge is 0.336 e. The molecular formula is C27H20Cl2N2O4. The molecule has 0 atom stereocenters. The summed E-state index contributed by atoms with van der Waals surface area (Å²) < 4.78 is 10.7. The van der Waals surface area contributed by atoms with Gasteiger partial charge in [-0.05, 0) is 53.1 Å². The first-order valence-corrected chi connectivity index (χ1v) is 11.1. The molecule has 35 heavy (non-hydrogen) atoms. The molecule has 0 aliphatic rings. The molecule has 8 heteroatoms. The zero-order valence-corrected chi connectivity index (χ0v) is 20.1. The maximum absolute atomic E-state index is 12.4. The standard InChI is InChI=1S/C27H20Cl2N2O4/c1-34-25-14-19(13-21(16-30)27(33)31-17-18-5-3-2-4-6-18)7-11-24(25)35-26(32)12-9-20-8-10-22(28)15-23(20)29/h2-15H,17H2,1H3,(H,31,33)/b12-9+,21-13+. The number of methoxy groups -OCH3 is 1. The van der Waals surface area contributed by atoms with E-state index in [9.17, 15) is 14.9 Å². The first-order valence-electron chi connectivity index (χ1n) is 10.4. The lowest BCUT2D eigenvalue weighted by Gasteiger charge is -2.09. The Morgan fingerprint density at radius 3 is 2.49 bits per heavy atom. The third-order valence-corrected chi connectivity index (χ3v) is 5.29. The Morgan fingerprint density at radius 1 is 1.03 bits per heavy atom. The molecule has 3 rings (SSSR count). The lowest BCUT2D eigenvalue weighted by Crippen LogP contribution is -2.23. The van der Waals surface area contributed by atoms with Gasteiger partial charge in [-0.3, -0.25) is 4.79 Å². The molecule has 0 fully saturated rings. The van der Waals surface area contributed by atoms with E-state index >= 15 is 0 Å². The molecule has 0 aliphatic carbocycles. The van der Waals surface area contributed by atoms with Crippen LogP contribution >= 0.6 is 23.2 Å². The second kappa shape index (κ2) is 12.4. The third kappa shape index (κ3) is 7.47. The summed E-state index contributed by atoms with van der Waals surface area (Å²) in [5.74, 6) is -0.715. The molecule has 0 saturated heterocycles. The average molecular weight is 507 g/mol. The quantitative estimate of drug-likeness (QED) is 0.179. The molecule has 0 heterocycles. The van der Waals surface area contributed by atoms with Crippen LogP contribution in [0.3, 0.4) is 0 Å². The van der Waals surface area contributed by atoms with Crippen LogP contribution in [0.15, 0.2) is 78.4 Å². The van der Waals surface area contributed by atoms with Crippen molar-refractivity contribution in [2.24, 2.45) is 0 Å². The Balaban J connectivity index is 1.69. The van der Waals surface area contributed by atoms with Gasteiger partial charge < -0.3 is 14.8 Å². The number of benzene rings is 3. The van der Waals surface area contributed by atoms with E-state index in [2.05, 4.69) is 5.32 Å². The molecule has 0 radical (unpaired) electrons. The largest absolute Gasteiger partial charge is 0.493 e. The molecule has 0 bridgehead atoms. The van der Waals surface area contributed by atoms with Crippen molar-refractivity contribution in [3.05, 3.63) is 105 Å². The lowest BCUT2D eigenvalue weighted by molar-refractivity contribution is -0.129. The number of esters is 1. The van der Waals surface area contributed by atoms with E-state index in [1.807, 2.05) is 36.4 Å². The number of carbonyl (C=O) groups is 2. The normalized spacial score (nSPS) is 11.1. The number of nitriles is 1. The second-order valence-corrected chi connectivity index (χ2v) is 8.01. The van der Waals surface area contributed by atoms with Crippen molar-refractivity contribution >= 4 is 47.2 Å². The summed E-state index contributed by atoms with van der Waals surface area (Å²) >= 11 is 12.0. The summed E-state index contributed by atoms with van der Waals surface area (Å²) in [6.45, 7) is 0.297. The van der Waals surface area contributed by atoms with Crippen LogP contribution in [0.1, 0.15) is 16.7 Å². The van der Waals surface area contributed by atoms with Crippen molar-refractivity contribution < 1.29 is 19.1 Å². The highest BCUT2D eigenvalue weighted by Gasteiger charge is 2.12. The van der Waals surface area contributed by atoms with Gasteiger partial charge in [0.15, 0.2) is 11.5 Å². The molecule has 3 aromatic rings. The number of nitrogens with one attached hydrogen (secondary N) is 1. The highest BCUT2D eigenvalue weighted by molar-refractivity contribution is 6.35. The lowest BCUT2D eigenvalue weighted by atomic mass is 10.1. The fourth-order valence-electron chi connectivity index (χ4n) is 2.98. The van der Waals surface area contributed by atoms with Crippen molar-refractivity contribution in [1.29, 1.82) is 5.26 Å². The predicted octanol–water partition coefficient (Wildman–Crippen LogP) is 5.84. The second-order valence-electron chi connectivity index (χ2n) is 7.17. The number of rotatable bonds is 8. The summed E-state index contributed by atoms with van der Waals surface area (Å²) in [5.41, 5.74) is 1.97. The Morgan fingerprint density at radius 2 is 1.80 bits per heavy atom. The van der Waals surface area contributed by atoms with Crippen LogP contribution in [-0.2, 0) is 16.1 Å². The van der Waals surface area contributed by atoms with Crippen LogP contribution in [0.5, 0.6) is 11.5 Å². The van der Waals surface area contributed by atoms with Crippen LogP contribution in [0.2, 0.25) is 10.0 Å². The van der Waals surface area contributed by atoms with E-state index in [1.165, 1.54) is 31.4 Å². The van der Waals surface area contributed by atoms with Gasteiger partial charge in [0.2, 0.25) is 0 Å². The van der Waals surface area contributed by atoms with Crippen LogP contribution < -0.4 is 14.8 Å². The average Bonchev–Trinajstić information content (AvgIpc) is 2.86. The van der Waals surface area contributed by atoms with Gasteiger partial charge in [0, 0.05) is 22.7 Å². The highest BCUT2D eigenvalue weighted by atomic mass is 35.5. The summed E-state index contributed by atoms with van der Waals surface area (Å²) in [4.78, 5) is 24.7. The summed E-state index contributed by atoms with van der Waals surface area (Å²) in [6.07, 6.45) is 4.17. The fourth-order valence-corrected chi connectivity index (χ4v) is 3.46. The Hall–Kier alpha value is -4.05. The van der Waals surface area contributed by atoms with Crippen LogP contribution in [0, 0.1) is 11.3 Å². The number of ether oxygens (including phenoxy) is 2. The van der Waals surface area contributed by atoms with E-state index in [0.717, 1.165) is 5.56 Å². The van der Waals surface area contributed by atoms with Crippen molar-refractivity contribution in [2.45, 2.75) is 6.54 Å². The molecule has 0 saturated carbocycles. The zero-order valence-electron chi connectivity index (χ0n) is 18.6. The minimum atomic E-state index is -0.643. The van der Waals surface area contributed by atoms with Crippen LogP contribution in [-0.4, -0.2) is 19.0 Å². The fraction of sp³-hybridized carbons (Fsp3) is 0.0741. The molecule has 0 unspecified atom stereocenters. The maximum Gasteiger partial charge on any atom is 0.336 e. The summed E-state index contributed by atoms with van der Waals surface area (Å²) in [7, 11) is 1.42. The number of halogens is 2. The molecule has 0 aromatic heterocycles. The third-order valence-electron chi connectivity index (χ3n) is 4.73. The van der Waals surface area contributed by atoms with Gasteiger partial charge in [-0.25, -0.2) is 4.79 Å². The number of nitrogens with zero attached hydrogens (tertiary/aromatic N) is 1. The van der Waals surface area contributed by atoms with Gasteiger partial charge in [-0.15, -0.1) is 0 Å². The molecule has 6 nitrogen and oxygen atoms in total. The minimum Gasteiger partial charge on any atom is -0.493 e. The Kier molecular flexibility index (Phi) is 9.08. The van der Waals surface area contributed by atoms with E-state index in [1.54, 1.807) is 30.3 Å². The first kappa shape index (κ1) is 25.6. The van der Waals surface area contributed by atoms with Crippen molar-refractivity contribution in [3.63, 3.8) is 0 Å². The van der Waals surface area contributed by atoms with Crippen LogP contribution in [0.4, 0.5) is 0 Å². The summed E-state index contributed by atoms with van der Waals surface area (Å²) in [5, 5.41) is 13.0. The zero-order chi connectivity index (χ0) is 25.2. The molecule has 0 spiro atoms. The SMILES string of the molecule is COc1cc(/C=C(\C#N)C(=O)NCc2ccccc2)ccc1OC(=O)/C=C/c1ccc(Cl)cc1Cl. The molecule has 1 N–H and O–H groups in total. The highest BCUT2D eigenvalue weighted by Crippen LogP contribution is 2.29. The van der Waals surface area contributed by atoms with E-state index in [0.29, 0.717) is 27.7 Å². The number of carbonyl (C=O) groups excluding carboxylic acids is 2. The minimum absolute atomic E-state index is 0.0736. The van der Waals surface area contributed by atoms with Gasteiger partial charge in [-0.1, -0.05) is 65.7 Å². The van der Waals surface area contributed by atoms with Gasteiger partial charge >= 0.3 is 5.97 Å². The monoisotopic (exact) mass is 506 g/mol. The molecular weight excluding hydrogens is 487 g/mol. The molecule has 3 aromatic carbocycles. The van der Waals surface area contributed by atoms with Crippen molar-refractivity contribution in [3.8, 4) is 17.6 Å². The molecule has 1 amide bonds.